The number of thioether (sulfide) groups is 1. The Balaban J connectivity index is 2.24. The Morgan fingerprint density at radius 1 is 1.64 bits per heavy atom. The maximum Gasteiger partial charge on any atom is 0.336 e. The Kier molecular flexibility index (Phi) is 2.36. The molecule has 1 aromatic rings. The van der Waals surface area contributed by atoms with Crippen LogP contribution in [0.15, 0.2) is 29.6 Å². The van der Waals surface area contributed by atoms with Crippen LogP contribution in [0.3, 0.4) is 0 Å². The number of hydrazone groups is 1. The summed E-state index contributed by atoms with van der Waals surface area (Å²) in [6, 6.07) is 3.14. The van der Waals surface area contributed by atoms with Crippen molar-refractivity contribution < 1.29 is 4.79 Å². The molecule has 0 saturated heterocycles. The highest BCUT2D eigenvalue weighted by molar-refractivity contribution is 8.12. The topological polar surface area (TPSA) is 71.6 Å². The molecule has 72 valence electrons. The minimum atomic E-state index is -0.555. The van der Waals surface area contributed by atoms with E-state index in [1.54, 1.807) is 17.9 Å². The van der Waals surface area contributed by atoms with Crippen LogP contribution in [0.2, 0.25) is 0 Å². The third kappa shape index (κ3) is 1.56. The molecular formula is C8H8N4OS. The van der Waals surface area contributed by atoms with Crippen molar-refractivity contribution in [2.75, 3.05) is 0 Å². The van der Waals surface area contributed by atoms with Crippen LogP contribution < -0.4 is 5.73 Å². The lowest BCUT2D eigenvalue weighted by molar-refractivity contribution is 0.207. The highest BCUT2D eigenvalue weighted by atomic mass is 32.2. The summed E-state index contributed by atoms with van der Waals surface area (Å²) >= 11 is 1.43. The molecule has 0 aromatic carbocycles. The Hall–Kier alpha value is -1.56. The van der Waals surface area contributed by atoms with E-state index in [1.807, 2.05) is 12.1 Å². The van der Waals surface area contributed by atoms with E-state index in [0.29, 0.717) is 0 Å². The number of amides is 2. The monoisotopic (exact) mass is 208 g/mol. The van der Waals surface area contributed by atoms with Crippen LogP contribution >= 0.6 is 11.8 Å². The van der Waals surface area contributed by atoms with Gasteiger partial charge >= 0.3 is 6.03 Å². The van der Waals surface area contributed by atoms with Crippen LogP contribution in [0.4, 0.5) is 4.79 Å². The molecule has 5 nitrogen and oxygen atoms in total. The van der Waals surface area contributed by atoms with Crippen LogP contribution in [0.25, 0.3) is 0 Å². The van der Waals surface area contributed by atoms with Gasteiger partial charge in [-0.25, -0.2) is 4.79 Å². The molecule has 1 aliphatic heterocycles. The number of rotatable bonds is 1. The molecule has 1 atom stereocenters. The summed E-state index contributed by atoms with van der Waals surface area (Å²) in [7, 11) is 0. The van der Waals surface area contributed by atoms with Gasteiger partial charge in [0.05, 0.1) is 5.55 Å². The van der Waals surface area contributed by atoms with Crippen LogP contribution in [-0.4, -0.2) is 21.6 Å². The maximum absolute atomic E-state index is 11.0. The van der Waals surface area contributed by atoms with Crippen molar-refractivity contribution in [1.82, 2.24) is 9.99 Å². The highest BCUT2D eigenvalue weighted by Gasteiger charge is 2.27. The molecule has 0 radical (unpaired) electrons. The smallest absolute Gasteiger partial charge is 0.336 e. The Morgan fingerprint density at radius 3 is 3.14 bits per heavy atom. The number of nitrogens with zero attached hydrogens (tertiary/aromatic N) is 3. The van der Waals surface area contributed by atoms with Crippen LogP contribution in [0.1, 0.15) is 10.9 Å². The molecule has 1 aliphatic rings. The Morgan fingerprint density at radius 2 is 2.50 bits per heavy atom. The summed E-state index contributed by atoms with van der Waals surface area (Å²) in [4.78, 5) is 15.0. The third-order valence-electron chi connectivity index (χ3n) is 1.78. The van der Waals surface area contributed by atoms with E-state index in [0.717, 1.165) is 5.56 Å². The lowest BCUT2D eigenvalue weighted by atomic mass is 10.3. The van der Waals surface area contributed by atoms with Gasteiger partial charge < -0.3 is 5.73 Å². The first kappa shape index (κ1) is 9.01. The number of carbonyl (C=O) groups is 1. The van der Waals surface area contributed by atoms with Gasteiger partial charge in [-0.1, -0.05) is 17.8 Å². The van der Waals surface area contributed by atoms with Gasteiger partial charge in [0, 0.05) is 18.0 Å². The zero-order valence-electron chi connectivity index (χ0n) is 7.20. The molecule has 0 saturated carbocycles. The number of urea groups is 1. The second-order valence-corrected chi connectivity index (χ2v) is 3.61. The molecule has 0 aliphatic carbocycles. The summed E-state index contributed by atoms with van der Waals surface area (Å²) in [5.74, 6) is 0. The van der Waals surface area contributed by atoms with E-state index in [4.69, 9.17) is 5.73 Å². The van der Waals surface area contributed by atoms with Crippen LogP contribution in [-0.2, 0) is 0 Å². The van der Waals surface area contributed by atoms with Gasteiger partial charge in [0.1, 0.15) is 5.37 Å². The maximum atomic E-state index is 11.0. The van der Waals surface area contributed by atoms with Gasteiger partial charge in [-0.2, -0.15) is 10.1 Å². The molecule has 0 spiro atoms. The fourth-order valence-corrected chi connectivity index (χ4v) is 2.01. The molecule has 0 fully saturated rings. The van der Waals surface area contributed by atoms with Crippen molar-refractivity contribution in [3.8, 4) is 0 Å². The van der Waals surface area contributed by atoms with E-state index >= 15 is 0 Å². The van der Waals surface area contributed by atoms with E-state index < -0.39 is 6.03 Å². The van der Waals surface area contributed by atoms with Gasteiger partial charge in [-0.05, 0) is 6.07 Å². The lowest BCUT2D eigenvalue weighted by Gasteiger charge is -2.18. The summed E-state index contributed by atoms with van der Waals surface area (Å²) < 4.78 is 0. The van der Waals surface area contributed by atoms with Crippen molar-refractivity contribution >= 4 is 23.3 Å². The molecule has 2 N–H and O–H groups in total. The van der Waals surface area contributed by atoms with E-state index in [-0.39, 0.29) is 5.37 Å². The number of aromatic nitrogens is 1. The van der Waals surface area contributed by atoms with Gasteiger partial charge in [-0.3, -0.25) is 4.98 Å². The molecular weight excluding hydrogens is 200 g/mol. The fourth-order valence-electron chi connectivity index (χ4n) is 1.17. The van der Waals surface area contributed by atoms with Gasteiger partial charge in [0.25, 0.3) is 0 Å². The SMILES string of the molecule is NC(=O)N1N=CSC1c1cccnc1. The molecule has 14 heavy (non-hydrogen) atoms. The van der Waals surface area contributed by atoms with E-state index in [2.05, 4.69) is 10.1 Å². The minimum Gasteiger partial charge on any atom is -0.350 e. The number of hydrogen-bond donors (Lipinski definition) is 1. The molecule has 2 rings (SSSR count). The summed E-state index contributed by atoms with van der Waals surface area (Å²) in [6.45, 7) is 0. The standard InChI is InChI=1S/C8H8N4OS/c9-8(13)12-7(14-5-11-12)6-2-1-3-10-4-6/h1-5,7H,(H2,9,13). The number of pyridine rings is 1. The quantitative estimate of drug-likeness (QED) is 0.752. The van der Waals surface area contributed by atoms with Gasteiger partial charge in [-0.15, -0.1) is 0 Å². The molecule has 6 heteroatoms. The fraction of sp³-hybridized carbons (Fsp3) is 0.125. The molecule has 2 amide bonds. The van der Waals surface area contributed by atoms with Crippen molar-refractivity contribution in [3.63, 3.8) is 0 Å². The minimum absolute atomic E-state index is 0.179. The lowest BCUT2D eigenvalue weighted by Crippen LogP contribution is -2.31. The van der Waals surface area contributed by atoms with Gasteiger partial charge in [0.2, 0.25) is 0 Å². The van der Waals surface area contributed by atoms with E-state index in [1.165, 1.54) is 16.8 Å². The van der Waals surface area contributed by atoms with Crippen LogP contribution in [0, 0.1) is 0 Å². The predicted molar refractivity (Wildman–Crippen MR) is 54.5 cm³/mol. The number of hydrogen-bond acceptors (Lipinski definition) is 4. The van der Waals surface area contributed by atoms with Gasteiger partial charge in [0.15, 0.2) is 0 Å². The molecule has 1 unspecified atom stereocenters. The second kappa shape index (κ2) is 3.67. The summed E-state index contributed by atoms with van der Waals surface area (Å²) in [5, 5.41) is 4.92. The molecule has 1 aromatic heterocycles. The van der Waals surface area contributed by atoms with Crippen LogP contribution in [0.5, 0.6) is 0 Å². The number of nitrogens with two attached hydrogens (primary N) is 1. The van der Waals surface area contributed by atoms with Crippen molar-refractivity contribution in [2.24, 2.45) is 10.8 Å². The van der Waals surface area contributed by atoms with Crippen molar-refractivity contribution in [3.05, 3.63) is 30.1 Å². The largest absolute Gasteiger partial charge is 0.350 e. The highest BCUT2D eigenvalue weighted by Crippen LogP contribution is 2.34. The third-order valence-corrected chi connectivity index (χ3v) is 2.72. The average molecular weight is 208 g/mol. The van der Waals surface area contributed by atoms with E-state index in [9.17, 15) is 4.79 Å². The molecule has 0 bridgehead atoms. The zero-order valence-corrected chi connectivity index (χ0v) is 8.02. The number of primary amides is 1. The van der Waals surface area contributed by atoms with Crippen molar-refractivity contribution in [1.29, 1.82) is 0 Å². The molecule has 2 heterocycles. The second-order valence-electron chi connectivity index (χ2n) is 2.68. The Labute approximate surface area is 85.0 Å². The average Bonchev–Trinajstić information content (AvgIpc) is 2.67. The number of carbonyl (C=O) groups excluding carboxylic acids is 1. The predicted octanol–water partition coefficient (Wildman–Crippen LogP) is 1.15. The zero-order chi connectivity index (χ0) is 9.97. The first-order chi connectivity index (χ1) is 6.79. The summed E-state index contributed by atoms with van der Waals surface area (Å²) in [5.41, 5.74) is 7.68. The first-order valence-corrected chi connectivity index (χ1v) is 4.90. The Bertz CT molecular complexity index is 367. The normalized spacial score (nSPS) is 20.0. The summed E-state index contributed by atoms with van der Waals surface area (Å²) in [6.07, 6.45) is 3.38. The first-order valence-electron chi connectivity index (χ1n) is 3.95. The van der Waals surface area contributed by atoms with Crippen molar-refractivity contribution in [2.45, 2.75) is 5.37 Å².